The summed E-state index contributed by atoms with van der Waals surface area (Å²) >= 11 is 3.10. The van der Waals surface area contributed by atoms with Crippen LogP contribution in [0.5, 0.6) is 0 Å². The molecule has 0 fully saturated rings. The minimum Gasteiger partial charge on any atom is -0.219 e. The lowest BCUT2D eigenvalue weighted by molar-refractivity contribution is -0.759. The number of nitrogens with one attached hydrogen (secondary N) is 1. The average molecular weight is 345 g/mol. The molecule has 0 saturated carbocycles. The second kappa shape index (κ2) is 16.5. The number of nitrogens with zero attached hydrogens (tertiary/aromatic N) is 12. The molecule has 0 aliphatic carbocycles. The van der Waals surface area contributed by atoms with Crippen molar-refractivity contribution in [1.29, 1.82) is 5.53 Å². The van der Waals surface area contributed by atoms with E-state index in [9.17, 15) is 0 Å². The Labute approximate surface area is 122 Å². The van der Waals surface area contributed by atoms with Gasteiger partial charge in [0.1, 0.15) is 0 Å². The molecule has 22 heavy (non-hydrogen) atoms. The molecule has 0 bridgehead atoms. The first-order chi connectivity index (χ1) is 10.8. The van der Waals surface area contributed by atoms with Gasteiger partial charge in [0.15, 0.2) is 0 Å². The first-order valence-corrected chi connectivity index (χ1v) is 4.35. The Bertz CT molecular complexity index is 403. The van der Waals surface area contributed by atoms with Crippen LogP contribution in [0.15, 0.2) is 57.5 Å². The van der Waals surface area contributed by atoms with E-state index in [0.717, 1.165) is 0 Å². The fourth-order valence-electron chi connectivity index (χ4n) is 0.329. The van der Waals surface area contributed by atoms with Crippen LogP contribution >= 0.6 is 12.9 Å². The highest BCUT2D eigenvalue weighted by molar-refractivity contribution is 7.74. The normalized spacial score (nSPS) is 12.6. The summed E-state index contributed by atoms with van der Waals surface area (Å²) < 4.78 is 3.65. The largest absolute Gasteiger partial charge is 0.219 e. The number of hydrogen-bond acceptors (Lipinski definition) is 11. The van der Waals surface area contributed by atoms with Gasteiger partial charge in [-0.05, 0) is 61.5 Å². The monoisotopic (exact) mass is 345 g/mol. The summed E-state index contributed by atoms with van der Waals surface area (Å²) in [6.45, 7) is 0. The zero-order chi connectivity index (χ0) is 16.3. The Morgan fingerprint density at radius 1 is 0.773 bits per heavy atom. The molecule has 0 aromatic carbocycles. The van der Waals surface area contributed by atoms with Crippen LogP contribution in [0.4, 0.5) is 0 Å². The molecule has 0 radical (unpaired) electrons. The van der Waals surface area contributed by atoms with Crippen LogP contribution in [0.1, 0.15) is 0 Å². The highest BCUT2D eigenvalue weighted by Gasteiger charge is 2.07. The first-order valence-electron chi connectivity index (χ1n) is 3.99. The van der Waals surface area contributed by atoms with E-state index < -0.39 is 0 Å². The SMILES string of the molecule is N=N/N=N/N=N/N=N/N=N/N=N/N(OOOO)OOOOS. The van der Waals surface area contributed by atoms with Gasteiger partial charge < -0.3 is 0 Å². The molecule has 0 aromatic heterocycles. The highest BCUT2D eigenvalue weighted by atomic mass is 32.1. The minimum absolute atomic E-state index is 0.108. The maximum Gasteiger partial charge on any atom is 0.0559 e. The number of rotatable bonds is 13. The quantitative estimate of drug-likeness (QED) is 0.110. The molecule has 0 spiro atoms. The zero-order valence-electron chi connectivity index (χ0n) is 9.62. The summed E-state index contributed by atoms with van der Waals surface area (Å²) in [6, 6.07) is 0. The molecule has 22 heteroatoms. The summed E-state index contributed by atoms with van der Waals surface area (Å²) in [5.74, 6) is 0. The molecule has 0 atom stereocenters. The maximum atomic E-state index is 7.80. The van der Waals surface area contributed by atoms with Crippen molar-refractivity contribution < 1.29 is 39.7 Å². The van der Waals surface area contributed by atoms with Crippen LogP contribution in [-0.4, -0.2) is 10.6 Å². The van der Waals surface area contributed by atoms with Gasteiger partial charge in [0, 0.05) is 39.0 Å². The molecule has 0 amide bonds. The van der Waals surface area contributed by atoms with Crippen molar-refractivity contribution in [2.45, 2.75) is 0 Å². The van der Waals surface area contributed by atoms with Crippen molar-refractivity contribution in [2.24, 2.45) is 57.5 Å². The summed E-state index contributed by atoms with van der Waals surface area (Å²) in [5, 5.41) is 52.9. The predicted octanol–water partition coefficient (Wildman–Crippen LogP) is 1.91. The van der Waals surface area contributed by atoms with Crippen molar-refractivity contribution in [2.75, 3.05) is 0 Å². The molecule has 21 nitrogen and oxygen atoms in total. The van der Waals surface area contributed by atoms with E-state index >= 15 is 0 Å². The van der Waals surface area contributed by atoms with Crippen LogP contribution < -0.4 is 0 Å². The summed E-state index contributed by atoms with van der Waals surface area (Å²) in [7, 11) is 0. The van der Waals surface area contributed by atoms with E-state index in [2.05, 4.69) is 105 Å². The lowest BCUT2D eigenvalue weighted by Crippen LogP contribution is -2.18. The molecular weight excluding hydrogens is 342 g/mol. The van der Waals surface area contributed by atoms with Crippen LogP contribution in [0, 0.1) is 5.53 Å². The Morgan fingerprint density at radius 2 is 1.32 bits per heavy atom. The van der Waals surface area contributed by atoms with Crippen molar-refractivity contribution in [3.63, 3.8) is 0 Å². The summed E-state index contributed by atoms with van der Waals surface area (Å²) in [6.07, 6.45) is 0. The molecule has 0 saturated heterocycles. The molecule has 0 heterocycles. The van der Waals surface area contributed by atoms with E-state index in [4.69, 9.17) is 10.8 Å². The topological polar surface area (TPSA) is 248 Å². The van der Waals surface area contributed by atoms with Gasteiger partial charge in [0.25, 0.3) is 0 Å². The van der Waals surface area contributed by atoms with E-state index in [1.807, 2.05) is 0 Å². The van der Waals surface area contributed by atoms with E-state index in [1.54, 1.807) is 0 Å². The minimum atomic E-state index is -0.108. The summed E-state index contributed by atoms with van der Waals surface area (Å²) in [4.78, 5) is 7.85. The fourth-order valence-corrected chi connectivity index (χ4v) is 0.353. The van der Waals surface area contributed by atoms with Crippen molar-refractivity contribution in [3.05, 3.63) is 0 Å². The van der Waals surface area contributed by atoms with E-state index in [-0.39, 0.29) is 5.34 Å². The Balaban J connectivity index is 4.11. The lowest BCUT2D eigenvalue weighted by atomic mass is 12.3. The third-order valence-corrected chi connectivity index (χ3v) is 0.816. The van der Waals surface area contributed by atoms with Crippen LogP contribution in [-0.2, 0) is 34.5 Å². The van der Waals surface area contributed by atoms with Crippen LogP contribution in [0.25, 0.3) is 0 Å². The highest BCUT2D eigenvalue weighted by Crippen LogP contribution is 1.99. The Hall–Kier alpha value is -2.57. The smallest absolute Gasteiger partial charge is 0.0559 e. The van der Waals surface area contributed by atoms with Gasteiger partial charge in [0.2, 0.25) is 0 Å². The van der Waals surface area contributed by atoms with Crippen molar-refractivity contribution >= 4 is 12.9 Å². The first kappa shape index (κ1) is 19.4. The second-order valence-corrected chi connectivity index (χ2v) is 1.88. The van der Waals surface area contributed by atoms with Gasteiger partial charge in [-0.1, -0.05) is 0 Å². The maximum absolute atomic E-state index is 7.80. The molecule has 0 aliphatic heterocycles. The van der Waals surface area contributed by atoms with Gasteiger partial charge in [-0.2, -0.15) is 5.53 Å². The van der Waals surface area contributed by atoms with Gasteiger partial charge >= 0.3 is 0 Å². The van der Waals surface area contributed by atoms with Gasteiger partial charge in [-0.3, -0.25) is 0 Å². The Kier molecular flexibility index (Phi) is 14.6. The standard InChI is InChI=1S/H3N13O8S/c1-2-3-4-5-6-7-8-9-10-11-12-13(15-18-17-14)16-19-20-21-22/h1,14,22H/b2-1?,4-3+,6-5+,8-7+,10-9+,12-11+. The third-order valence-electron chi connectivity index (χ3n) is 0.755. The lowest BCUT2D eigenvalue weighted by Gasteiger charge is -2.06. The molecular formula is H3N13O8S. The van der Waals surface area contributed by atoms with Crippen molar-refractivity contribution in [3.8, 4) is 0 Å². The van der Waals surface area contributed by atoms with Crippen LogP contribution in [0.2, 0.25) is 0 Å². The van der Waals surface area contributed by atoms with E-state index in [1.165, 1.54) is 0 Å². The molecule has 2 N–H and O–H groups in total. The Morgan fingerprint density at radius 3 is 1.86 bits per heavy atom. The molecule has 0 aliphatic rings. The zero-order valence-corrected chi connectivity index (χ0v) is 10.5. The number of hydrogen-bond donors (Lipinski definition) is 3. The third kappa shape index (κ3) is 13.9. The van der Waals surface area contributed by atoms with E-state index in [0.29, 0.717) is 0 Å². The molecule has 0 aromatic rings. The molecule has 122 valence electrons. The van der Waals surface area contributed by atoms with Crippen molar-refractivity contribution in [1.82, 2.24) is 5.34 Å². The summed E-state index contributed by atoms with van der Waals surface area (Å²) in [5.41, 5.74) is 6.20. The average Bonchev–Trinajstić information content (AvgIpc) is 2.53. The second-order valence-electron chi connectivity index (χ2n) is 1.73. The molecule has 0 rings (SSSR count). The van der Waals surface area contributed by atoms with Crippen LogP contribution in [0.3, 0.4) is 0 Å². The van der Waals surface area contributed by atoms with Gasteiger partial charge in [-0.25, -0.2) is 5.26 Å². The predicted molar refractivity (Wildman–Crippen MR) is 50.5 cm³/mol. The fraction of sp³-hybridized carbons (Fsp3) is 0. The number of thiol groups is 1. The van der Waals surface area contributed by atoms with Gasteiger partial charge in [0.05, 0.1) is 5.34 Å². The van der Waals surface area contributed by atoms with Gasteiger partial charge in [-0.15, -0.1) is 4.33 Å². The molecule has 0 unspecified atom stereocenters.